The molecule has 0 aliphatic carbocycles. The fourth-order valence-corrected chi connectivity index (χ4v) is 2.22. The van der Waals surface area contributed by atoms with Gasteiger partial charge in [0.1, 0.15) is 0 Å². The third-order valence-corrected chi connectivity index (χ3v) is 2.79. The van der Waals surface area contributed by atoms with Gasteiger partial charge in [-0.15, -0.1) is 0 Å². The van der Waals surface area contributed by atoms with E-state index in [0.29, 0.717) is 5.02 Å². The van der Waals surface area contributed by atoms with Gasteiger partial charge >= 0.3 is 0 Å². The standard InChI is InChI=1S/C9H11ClO2S/c1-7-5-9(10)4-3-8(7)6-13(2,11)12/h3-5H,6H2,1-2H3. The fraction of sp³-hybridized carbons (Fsp3) is 0.333. The van der Waals surface area contributed by atoms with Crippen molar-refractivity contribution in [3.63, 3.8) is 0 Å². The first-order chi connectivity index (χ1) is 5.88. The highest BCUT2D eigenvalue weighted by atomic mass is 35.5. The summed E-state index contributed by atoms with van der Waals surface area (Å²) in [6, 6.07) is 5.22. The summed E-state index contributed by atoms with van der Waals surface area (Å²) in [7, 11) is -2.96. The van der Waals surface area contributed by atoms with Crippen LogP contribution in [0.1, 0.15) is 11.1 Å². The molecule has 0 radical (unpaired) electrons. The third-order valence-electron chi connectivity index (χ3n) is 1.72. The Labute approximate surface area is 83.5 Å². The average molecular weight is 219 g/mol. The quantitative estimate of drug-likeness (QED) is 0.763. The van der Waals surface area contributed by atoms with Gasteiger partial charge in [-0.3, -0.25) is 0 Å². The molecule has 0 bridgehead atoms. The number of halogens is 1. The predicted molar refractivity (Wildman–Crippen MR) is 54.7 cm³/mol. The first kappa shape index (κ1) is 10.5. The van der Waals surface area contributed by atoms with Crippen LogP contribution in [0, 0.1) is 6.92 Å². The molecule has 0 atom stereocenters. The molecule has 1 aromatic rings. The smallest absolute Gasteiger partial charge is 0.151 e. The zero-order valence-corrected chi connectivity index (χ0v) is 9.11. The largest absolute Gasteiger partial charge is 0.229 e. The molecule has 0 saturated carbocycles. The van der Waals surface area contributed by atoms with Gasteiger partial charge in [0.15, 0.2) is 9.84 Å². The van der Waals surface area contributed by atoms with Crippen molar-refractivity contribution >= 4 is 21.4 Å². The third kappa shape index (κ3) is 3.36. The summed E-state index contributed by atoms with van der Waals surface area (Å²) < 4.78 is 22.0. The summed E-state index contributed by atoms with van der Waals surface area (Å²) in [6.45, 7) is 1.85. The molecule has 0 aliphatic heterocycles. The molecule has 0 unspecified atom stereocenters. The highest BCUT2D eigenvalue weighted by Crippen LogP contribution is 2.16. The van der Waals surface area contributed by atoms with Crippen LogP contribution in [0.2, 0.25) is 5.02 Å². The summed E-state index contributed by atoms with van der Waals surface area (Å²) in [5, 5.41) is 0.634. The lowest BCUT2D eigenvalue weighted by atomic mass is 10.1. The summed E-state index contributed by atoms with van der Waals surface area (Å²) in [6.07, 6.45) is 1.22. The molecular formula is C9H11ClO2S. The van der Waals surface area contributed by atoms with E-state index >= 15 is 0 Å². The van der Waals surface area contributed by atoms with E-state index in [1.54, 1.807) is 18.2 Å². The Balaban J connectivity index is 3.04. The van der Waals surface area contributed by atoms with Gasteiger partial charge in [0.2, 0.25) is 0 Å². The second-order valence-corrected chi connectivity index (χ2v) is 5.72. The van der Waals surface area contributed by atoms with E-state index in [9.17, 15) is 8.42 Å². The minimum Gasteiger partial charge on any atom is -0.229 e. The van der Waals surface area contributed by atoms with Crippen LogP contribution >= 0.6 is 11.6 Å². The van der Waals surface area contributed by atoms with Gasteiger partial charge in [-0.1, -0.05) is 17.7 Å². The Hall–Kier alpha value is -0.540. The van der Waals surface area contributed by atoms with Crippen LogP contribution in [0.25, 0.3) is 0 Å². The second kappa shape index (κ2) is 3.68. The Kier molecular flexibility index (Phi) is 2.98. The molecule has 72 valence electrons. The molecule has 0 amide bonds. The summed E-state index contributed by atoms with van der Waals surface area (Å²) in [5.74, 6) is 0.0794. The lowest BCUT2D eigenvalue weighted by molar-refractivity contribution is 0.601. The van der Waals surface area contributed by atoms with Crippen LogP contribution in [0.5, 0.6) is 0 Å². The summed E-state index contributed by atoms with van der Waals surface area (Å²) in [4.78, 5) is 0. The Morgan fingerprint density at radius 1 is 1.38 bits per heavy atom. The van der Waals surface area contributed by atoms with Crippen molar-refractivity contribution in [3.05, 3.63) is 34.3 Å². The zero-order chi connectivity index (χ0) is 10.1. The maximum atomic E-state index is 11.0. The van der Waals surface area contributed by atoms with E-state index < -0.39 is 9.84 Å². The molecule has 0 N–H and O–H groups in total. The number of benzene rings is 1. The number of rotatable bonds is 2. The fourth-order valence-electron chi connectivity index (χ4n) is 1.10. The van der Waals surface area contributed by atoms with Crippen LogP contribution in [-0.4, -0.2) is 14.7 Å². The van der Waals surface area contributed by atoms with E-state index in [1.807, 2.05) is 6.92 Å². The molecule has 0 aromatic heterocycles. The van der Waals surface area contributed by atoms with Crippen molar-refractivity contribution in [1.29, 1.82) is 0 Å². The van der Waals surface area contributed by atoms with E-state index in [0.717, 1.165) is 11.1 Å². The highest BCUT2D eigenvalue weighted by Gasteiger charge is 2.06. The van der Waals surface area contributed by atoms with Crippen LogP contribution in [0.4, 0.5) is 0 Å². The van der Waals surface area contributed by atoms with Gasteiger partial charge in [-0.05, 0) is 30.2 Å². The van der Waals surface area contributed by atoms with Crippen LogP contribution in [0.3, 0.4) is 0 Å². The van der Waals surface area contributed by atoms with Crippen molar-refractivity contribution in [2.24, 2.45) is 0 Å². The zero-order valence-electron chi connectivity index (χ0n) is 7.54. The predicted octanol–water partition coefficient (Wildman–Crippen LogP) is 2.19. The topological polar surface area (TPSA) is 34.1 Å². The van der Waals surface area contributed by atoms with Crippen molar-refractivity contribution in [1.82, 2.24) is 0 Å². The molecule has 1 rings (SSSR count). The number of sulfone groups is 1. The van der Waals surface area contributed by atoms with E-state index in [2.05, 4.69) is 0 Å². The molecule has 2 nitrogen and oxygen atoms in total. The molecule has 0 aliphatic rings. The van der Waals surface area contributed by atoms with Crippen molar-refractivity contribution in [3.8, 4) is 0 Å². The van der Waals surface area contributed by atoms with Gasteiger partial charge < -0.3 is 0 Å². The van der Waals surface area contributed by atoms with Gasteiger partial charge in [0.05, 0.1) is 5.75 Å². The van der Waals surface area contributed by atoms with Crippen LogP contribution < -0.4 is 0 Å². The number of aryl methyl sites for hydroxylation is 1. The molecule has 0 spiro atoms. The first-order valence-corrected chi connectivity index (χ1v) is 6.25. The number of hydrogen-bond acceptors (Lipinski definition) is 2. The molecule has 0 fully saturated rings. The second-order valence-electron chi connectivity index (χ2n) is 3.14. The monoisotopic (exact) mass is 218 g/mol. The molecule has 13 heavy (non-hydrogen) atoms. The van der Waals surface area contributed by atoms with Gasteiger partial charge in [-0.2, -0.15) is 0 Å². The Bertz CT molecular complexity index is 410. The maximum Gasteiger partial charge on any atom is 0.151 e. The average Bonchev–Trinajstić information content (AvgIpc) is 1.93. The van der Waals surface area contributed by atoms with E-state index in [1.165, 1.54) is 6.26 Å². The van der Waals surface area contributed by atoms with Crippen LogP contribution in [-0.2, 0) is 15.6 Å². The van der Waals surface area contributed by atoms with E-state index in [-0.39, 0.29) is 5.75 Å². The van der Waals surface area contributed by atoms with Gasteiger partial charge in [0.25, 0.3) is 0 Å². The first-order valence-electron chi connectivity index (χ1n) is 3.81. The summed E-state index contributed by atoms with van der Waals surface area (Å²) >= 11 is 5.74. The molecule has 0 saturated heterocycles. The van der Waals surface area contributed by atoms with Crippen molar-refractivity contribution in [2.45, 2.75) is 12.7 Å². The molecule has 1 aromatic carbocycles. The lowest BCUT2D eigenvalue weighted by Crippen LogP contribution is -2.02. The van der Waals surface area contributed by atoms with Crippen LogP contribution in [0.15, 0.2) is 18.2 Å². The normalized spacial score (nSPS) is 11.6. The molecule has 4 heteroatoms. The van der Waals surface area contributed by atoms with E-state index in [4.69, 9.17) is 11.6 Å². The Morgan fingerprint density at radius 2 is 2.00 bits per heavy atom. The minimum atomic E-state index is -2.96. The molecular weight excluding hydrogens is 208 g/mol. The SMILES string of the molecule is Cc1cc(Cl)ccc1CS(C)(=O)=O. The highest BCUT2D eigenvalue weighted by molar-refractivity contribution is 7.89. The molecule has 0 heterocycles. The lowest BCUT2D eigenvalue weighted by Gasteiger charge is -2.04. The van der Waals surface area contributed by atoms with Crippen molar-refractivity contribution in [2.75, 3.05) is 6.26 Å². The van der Waals surface area contributed by atoms with Gasteiger partial charge in [0, 0.05) is 11.3 Å². The van der Waals surface area contributed by atoms with Gasteiger partial charge in [-0.25, -0.2) is 8.42 Å². The number of hydrogen-bond donors (Lipinski definition) is 0. The maximum absolute atomic E-state index is 11.0. The summed E-state index contributed by atoms with van der Waals surface area (Å²) in [5.41, 5.74) is 1.73. The minimum absolute atomic E-state index is 0.0794. The van der Waals surface area contributed by atoms with Crippen molar-refractivity contribution < 1.29 is 8.42 Å². The Morgan fingerprint density at radius 3 is 2.46 bits per heavy atom.